The van der Waals surface area contributed by atoms with Gasteiger partial charge in [-0.25, -0.2) is 9.97 Å². The number of pyridine rings is 1. The first-order valence-electron chi connectivity index (χ1n) is 8.18. The summed E-state index contributed by atoms with van der Waals surface area (Å²) in [5.41, 5.74) is 3.61. The van der Waals surface area contributed by atoms with E-state index in [0.29, 0.717) is 6.54 Å². The molecule has 7 heteroatoms. The smallest absolute Gasteiger partial charge is 0.191 e. The van der Waals surface area contributed by atoms with Crippen LogP contribution in [-0.2, 0) is 13.1 Å². The van der Waals surface area contributed by atoms with Crippen LogP contribution in [0.2, 0.25) is 0 Å². The number of imidazole rings is 1. The van der Waals surface area contributed by atoms with Gasteiger partial charge < -0.3 is 10.6 Å². The molecule has 2 heterocycles. The third kappa shape index (κ3) is 5.55. The predicted molar refractivity (Wildman–Crippen MR) is 115 cm³/mol. The molecule has 0 amide bonds. The summed E-state index contributed by atoms with van der Waals surface area (Å²) >= 11 is 0. The second-order valence-electron chi connectivity index (χ2n) is 5.76. The average molecular weight is 462 g/mol. The van der Waals surface area contributed by atoms with Crippen LogP contribution in [0.15, 0.2) is 66.3 Å². The number of hydrogen-bond donors (Lipinski definition) is 2. The van der Waals surface area contributed by atoms with Crippen LogP contribution < -0.4 is 10.6 Å². The van der Waals surface area contributed by atoms with Crippen molar-refractivity contribution in [2.45, 2.75) is 20.0 Å². The maximum absolute atomic E-state index is 4.36. The lowest BCUT2D eigenvalue weighted by atomic mass is 10.1. The van der Waals surface area contributed by atoms with Gasteiger partial charge >= 0.3 is 0 Å². The van der Waals surface area contributed by atoms with E-state index >= 15 is 0 Å². The highest BCUT2D eigenvalue weighted by Gasteiger charge is 2.02. The molecule has 0 atom stereocenters. The van der Waals surface area contributed by atoms with Gasteiger partial charge in [-0.2, -0.15) is 0 Å². The van der Waals surface area contributed by atoms with Crippen LogP contribution in [-0.4, -0.2) is 27.5 Å². The van der Waals surface area contributed by atoms with Gasteiger partial charge in [-0.05, 0) is 30.2 Å². The fraction of sp³-hybridized carbons (Fsp3) is 0.211. The second-order valence-corrected chi connectivity index (χ2v) is 5.76. The van der Waals surface area contributed by atoms with Crippen molar-refractivity contribution < 1.29 is 0 Å². The first-order chi connectivity index (χ1) is 12.2. The monoisotopic (exact) mass is 462 g/mol. The SMILES string of the molecule is CN=C(NCc1ccc(C)cc1)NCc1ccnc(-n2ccnc2)c1.I. The zero-order valence-corrected chi connectivity index (χ0v) is 17.2. The Balaban J connectivity index is 0.00000243. The maximum atomic E-state index is 4.36. The number of nitrogens with one attached hydrogen (secondary N) is 2. The van der Waals surface area contributed by atoms with Crippen LogP contribution in [0.3, 0.4) is 0 Å². The predicted octanol–water partition coefficient (Wildman–Crippen LogP) is 3.06. The van der Waals surface area contributed by atoms with E-state index in [2.05, 4.69) is 56.8 Å². The molecule has 0 unspecified atom stereocenters. The van der Waals surface area contributed by atoms with E-state index in [1.165, 1.54) is 11.1 Å². The zero-order chi connectivity index (χ0) is 17.5. The van der Waals surface area contributed by atoms with E-state index in [0.717, 1.165) is 23.9 Å². The Bertz CT molecular complexity index is 828. The van der Waals surface area contributed by atoms with Gasteiger partial charge in [0, 0.05) is 38.7 Å². The summed E-state index contributed by atoms with van der Waals surface area (Å²) < 4.78 is 1.88. The number of guanidine groups is 1. The van der Waals surface area contributed by atoms with Crippen LogP contribution in [0.25, 0.3) is 5.82 Å². The van der Waals surface area contributed by atoms with Gasteiger partial charge in [0.05, 0.1) is 0 Å². The van der Waals surface area contributed by atoms with Crippen molar-refractivity contribution in [3.63, 3.8) is 0 Å². The Morgan fingerprint density at radius 2 is 1.77 bits per heavy atom. The number of hydrogen-bond acceptors (Lipinski definition) is 3. The zero-order valence-electron chi connectivity index (χ0n) is 14.9. The Kier molecular flexibility index (Phi) is 7.58. The molecule has 3 aromatic rings. The standard InChI is InChI=1S/C19H22N6.HI/c1-15-3-5-16(6-4-15)12-23-19(20-2)24-13-17-7-8-22-18(11-17)25-10-9-21-14-25;/h3-11,14H,12-13H2,1-2H3,(H2,20,23,24);1H. The molecule has 0 bridgehead atoms. The number of benzene rings is 1. The largest absolute Gasteiger partial charge is 0.352 e. The van der Waals surface area contributed by atoms with Crippen molar-refractivity contribution in [1.29, 1.82) is 0 Å². The molecular formula is C19H23IN6. The molecule has 1 aromatic carbocycles. The molecule has 3 rings (SSSR count). The summed E-state index contributed by atoms with van der Waals surface area (Å²) in [6, 6.07) is 12.5. The van der Waals surface area contributed by atoms with E-state index in [-0.39, 0.29) is 24.0 Å². The van der Waals surface area contributed by atoms with Crippen molar-refractivity contribution in [2.24, 2.45) is 4.99 Å². The number of rotatable bonds is 5. The minimum absolute atomic E-state index is 0. The third-order valence-corrected chi connectivity index (χ3v) is 3.84. The number of nitrogens with zero attached hydrogens (tertiary/aromatic N) is 4. The van der Waals surface area contributed by atoms with Crippen molar-refractivity contribution in [3.05, 3.63) is 78.0 Å². The Morgan fingerprint density at radius 1 is 1.04 bits per heavy atom. The van der Waals surface area contributed by atoms with E-state index in [9.17, 15) is 0 Å². The Hall–Kier alpha value is -2.42. The topological polar surface area (TPSA) is 67.1 Å². The summed E-state index contributed by atoms with van der Waals surface area (Å²) in [5, 5.41) is 6.65. The highest BCUT2D eigenvalue weighted by Crippen LogP contribution is 2.07. The molecule has 0 aliphatic heterocycles. The third-order valence-electron chi connectivity index (χ3n) is 3.84. The van der Waals surface area contributed by atoms with Crippen LogP contribution in [0.4, 0.5) is 0 Å². The van der Waals surface area contributed by atoms with Crippen molar-refractivity contribution in [2.75, 3.05) is 7.05 Å². The van der Waals surface area contributed by atoms with Gasteiger partial charge in [0.2, 0.25) is 0 Å². The molecule has 0 aliphatic carbocycles. The minimum atomic E-state index is 0. The lowest BCUT2D eigenvalue weighted by Crippen LogP contribution is -2.36. The Morgan fingerprint density at radius 3 is 2.42 bits per heavy atom. The van der Waals surface area contributed by atoms with Gasteiger partial charge in [-0.3, -0.25) is 9.56 Å². The van der Waals surface area contributed by atoms with Crippen LogP contribution in [0.5, 0.6) is 0 Å². The molecule has 26 heavy (non-hydrogen) atoms. The minimum Gasteiger partial charge on any atom is -0.352 e. The normalized spacial score (nSPS) is 10.9. The summed E-state index contributed by atoms with van der Waals surface area (Å²) in [6.07, 6.45) is 7.15. The number of halogens is 1. The Labute approximate surface area is 170 Å². The van der Waals surface area contributed by atoms with Gasteiger partial charge in [0.1, 0.15) is 12.1 Å². The van der Waals surface area contributed by atoms with Crippen molar-refractivity contribution in [3.8, 4) is 5.82 Å². The molecule has 0 radical (unpaired) electrons. The quantitative estimate of drug-likeness (QED) is 0.348. The first-order valence-corrected chi connectivity index (χ1v) is 8.18. The van der Waals surface area contributed by atoms with Gasteiger partial charge in [-0.1, -0.05) is 29.8 Å². The highest BCUT2D eigenvalue weighted by atomic mass is 127. The molecule has 0 fully saturated rings. The van der Waals surface area contributed by atoms with E-state index in [4.69, 9.17) is 0 Å². The highest BCUT2D eigenvalue weighted by molar-refractivity contribution is 14.0. The van der Waals surface area contributed by atoms with Gasteiger partial charge in [-0.15, -0.1) is 24.0 Å². The van der Waals surface area contributed by atoms with Crippen LogP contribution in [0.1, 0.15) is 16.7 Å². The van der Waals surface area contributed by atoms with Crippen LogP contribution in [0, 0.1) is 6.92 Å². The second kappa shape index (κ2) is 9.91. The molecule has 136 valence electrons. The molecular weight excluding hydrogens is 439 g/mol. The number of aryl methyl sites for hydroxylation is 1. The van der Waals surface area contributed by atoms with Gasteiger partial charge in [0.15, 0.2) is 5.96 Å². The first kappa shape index (κ1) is 19.9. The molecule has 2 N–H and O–H groups in total. The molecule has 0 saturated carbocycles. The van der Waals surface area contributed by atoms with Crippen molar-refractivity contribution in [1.82, 2.24) is 25.2 Å². The summed E-state index contributed by atoms with van der Waals surface area (Å²) in [4.78, 5) is 12.7. The summed E-state index contributed by atoms with van der Waals surface area (Å²) in [7, 11) is 1.77. The van der Waals surface area contributed by atoms with Crippen LogP contribution >= 0.6 is 24.0 Å². The average Bonchev–Trinajstić information content (AvgIpc) is 3.18. The van der Waals surface area contributed by atoms with E-state index < -0.39 is 0 Å². The fourth-order valence-electron chi connectivity index (χ4n) is 2.40. The van der Waals surface area contributed by atoms with E-state index in [1.54, 1.807) is 25.8 Å². The maximum Gasteiger partial charge on any atom is 0.191 e. The van der Waals surface area contributed by atoms with Crippen molar-refractivity contribution >= 4 is 29.9 Å². The number of aliphatic imine (C=N–C) groups is 1. The lowest BCUT2D eigenvalue weighted by molar-refractivity contribution is 0.806. The molecule has 0 aliphatic rings. The number of aromatic nitrogens is 3. The summed E-state index contributed by atoms with van der Waals surface area (Å²) in [5.74, 6) is 1.61. The van der Waals surface area contributed by atoms with Gasteiger partial charge in [0.25, 0.3) is 0 Å². The molecule has 0 spiro atoms. The molecule has 0 saturated heterocycles. The molecule has 2 aromatic heterocycles. The molecule has 6 nitrogen and oxygen atoms in total. The van der Waals surface area contributed by atoms with E-state index in [1.807, 2.05) is 22.9 Å². The lowest BCUT2D eigenvalue weighted by Gasteiger charge is -2.12. The fourth-order valence-corrected chi connectivity index (χ4v) is 2.40. The summed E-state index contributed by atoms with van der Waals surface area (Å²) in [6.45, 7) is 3.48.